The molecule has 1 saturated heterocycles. The van der Waals surface area contributed by atoms with E-state index in [9.17, 15) is 9.59 Å². The number of rotatable bonds is 3. The normalized spacial score (nSPS) is 18.6. The van der Waals surface area contributed by atoms with Gasteiger partial charge in [-0.25, -0.2) is 4.79 Å². The van der Waals surface area contributed by atoms with E-state index in [0.717, 1.165) is 19.4 Å². The Morgan fingerprint density at radius 1 is 1.40 bits per heavy atom. The van der Waals surface area contributed by atoms with Crippen LogP contribution in [0.25, 0.3) is 10.9 Å². The van der Waals surface area contributed by atoms with Gasteiger partial charge in [-0.3, -0.25) is 9.36 Å². The minimum Gasteiger partial charge on any atom is -0.496 e. The fourth-order valence-corrected chi connectivity index (χ4v) is 2.73. The summed E-state index contributed by atoms with van der Waals surface area (Å²) >= 11 is 0. The van der Waals surface area contributed by atoms with Gasteiger partial charge in [0.05, 0.1) is 12.6 Å². The average molecular weight is 275 g/mol. The Labute approximate surface area is 115 Å². The van der Waals surface area contributed by atoms with Crippen molar-refractivity contribution < 1.29 is 4.74 Å². The van der Waals surface area contributed by atoms with E-state index in [1.54, 1.807) is 18.2 Å². The molecule has 6 nitrogen and oxygen atoms in total. The minimum atomic E-state index is -0.371. The van der Waals surface area contributed by atoms with Gasteiger partial charge in [-0.1, -0.05) is 6.07 Å². The minimum absolute atomic E-state index is 0.181. The van der Waals surface area contributed by atoms with Crippen LogP contribution in [0.1, 0.15) is 12.8 Å². The second-order valence-corrected chi connectivity index (χ2v) is 5.02. The fraction of sp³-hybridized carbons (Fsp3) is 0.429. The number of aromatic nitrogens is 2. The molecule has 2 heterocycles. The molecular formula is C14H17N3O3. The number of fused-ring (bicyclic) bond motifs is 1. The number of H-pyrrole nitrogens is 1. The maximum atomic E-state index is 12.6. The maximum absolute atomic E-state index is 12.6. The highest BCUT2D eigenvalue weighted by Gasteiger charge is 2.18. The van der Waals surface area contributed by atoms with E-state index in [4.69, 9.17) is 4.74 Å². The molecule has 0 amide bonds. The van der Waals surface area contributed by atoms with E-state index in [-0.39, 0.29) is 17.3 Å². The molecule has 1 aliphatic rings. The zero-order valence-electron chi connectivity index (χ0n) is 11.3. The topological polar surface area (TPSA) is 76.1 Å². The Kier molecular flexibility index (Phi) is 3.31. The molecule has 1 fully saturated rings. The number of nitrogens with one attached hydrogen (secondary N) is 2. The van der Waals surface area contributed by atoms with Crippen LogP contribution in [0.15, 0.2) is 27.8 Å². The molecule has 0 bridgehead atoms. The highest BCUT2D eigenvalue weighted by molar-refractivity contribution is 5.83. The van der Waals surface area contributed by atoms with E-state index in [2.05, 4.69) is 10.3 Å². The van der Waals surface area contributed by atoms with Crippen LogP contribution in [0.4, 0.5) is 0 Å². The Hall–Kier alpha value is -2.08. The van der Waals surface area contributed by atoms with Crippen molar-refractivity contribution in [2.24, 2.45) is 0 Å². The van der Waals surface area contributed by atoms with E-state index >= 15 is 0 Å². The van der Waals surface area contributed by atoms with Gasteiger partial charge in [-0.05, 0) is 31.5 Å². The number of methoxy groups -OCH3 is 1. The molecule has 2 N–H and O–H groups in total. The van der Waals surface area contributed by atoms with Crippen molar-refractivity contribution >= 4 is 10.9 Å². The molecule has 0 spiro atoms. The van der Waals surface area contributed by atoms with Crippen molar-refractivity contribution in [3.8, 4) is 5.75 Å². The number of hydrogen-bond acceptors (Lipinski definition) is 4. The number of aromatic amines is 1. The Balaban J connectivity index is 2.16. The second kappa shape index (κ2) is 5.13. The van der Waals surface area contributed by atoms with Crippen LogP contribution in [0.2, 0.25) is 0 Å². The smallest absolute Gasteiger partial charge is 0.328 e. The molecule has 0 saturated carbocycles. The molecule has 1 aromatic carbocycles. The van der Waals surface area contributed by atoms with Gasteiger partial charge in [0, 0.05) is 12.6 Å². The van der Waals surface area contributed by atoms with Gasteiger partial charge in [-0.2, -0.15) is 0 Å². The van der Waals surface area contributed by atoms with Crippen LogP contribution in [0.5, 0.6) is 5.75 Å². The molecule has 20 heavy (non-hydrogen) atoms. The van der Waals surface area contributed by atoms with E-state index in [1.807, 2.05) is 0 Å². The summed E-state index contributed by atoms with van der Waals surface area (Å²) in [5.41, 5.74) is -0.158. The monoisotopic (exact) mass is 275 g/mol. The summed E-state index contributed by atoms with van der Waals surface area (Å²) in [6.45, 7) is 1.33. The van der Waals surface area contributed by atoms with Crippen LogP contribution in [-0.4, -0.2) is 29.2 Å². The lowest BCUT2D eigenvalue weighted by molar-refractivity contribution is 0.418. The molecule has 3 rings (SSSR count). The molecule has 1 aromatic heterocycles. The number of benzene rings is 1. The van der Waals surface area contributed by atoms with Gasteiger partial charge in [0.15, 0.2) is 0 Å². The largest absolute Gasteiger partial charge is 0.496 e. The third-order valence-corrected chi connectivity index (χ3v) is 3.76. The first-order valence-electron chi connectivity index (χ1n) is 6.74. The lowest BCUT2D eigenvalue weighted by Crippen LogP contribution is -2.40. The summed E-state index contributed by atoms with van der Waals surface area (Å²) in [4.78, 5) is 27.4. The molecule has 1 unspecified atom stereocenters. The van der Waals surface area contributed by atoms with Crippen molar-refractivity contribution in [3.05, 3.63) is 39.0 Å². The van der Waals surface area contributed by atoms with Crippen molar-refractivity contribution in [1.29, 1.82) is 0 Å². The summed E-state index contributed by atoms with van der Waals surface area (Å²) in [5, 5.41) is 3.72. The molecule has 1 aliphatic heterocycles. The first kappa shape index (κ1) is 12.9. The van der Waals surface area contributed by atoms with Gasteiger partial charge in [-0.15, -0.1) is 0 Å². The third kappa shape index (κ3) is 2.12. The molecular weight excluding hydrogens is 258 g/mol. The van der Waals surface area contributed by atoms with Gasteiger partial charge in [0.25, 0.3) is 5.56 Å². The maximum Gasteiger partial charge on any atom is 0.328 e. The zero-order chi connectivity index (χ0) is 14.1. The number of nitrogens with zero attached hydrogens (tertiary/aromatic N) is 1. The second-order valence-electron chi connectivity index (χ2n) is 5.02. The quantitative estimate of drug-likeness (QED) is 0.853. The predicted octanol–water partition coefficient (Wildman–Crippen LogP) is 0.450. The van der Waals surface area contributed by atoms with Gasteiger partial charge >= 0.3 is 5.69 Å². The van der Waals surface area contributed by atoms with E-state index in [0.29, 0.717) is 23.2 Å². The molecule has 6 heteroatoms. The highest BCUT2D eigenvalue weighted by Crippen LogP contribution is 2.19. The molecule has 2 aromatic rings. The van der Waals surface area contributed by atoms with E-state index < -0.39 is 0 Å². The SMILES string of the molecule is COc1cccc2[nH]c(=O)n(CC3CCCN3)c(=O)c12. The van der Waals surface area contributed by atoms with Crippen LogP contribution in [0.3, 0.4) is 0 Å². The van der Waals surface area contributed by atoms with Crippen molar-refractivity contribution in [3.63, 3.8) is 0 Å². The summed E-state index contributed by atoms with van der Waals surface area (Å²) in [6.07, 6.45) is 2.06. The van der Waals surface area contributed by atoms with Crippen molar-refractivity contribution in [2.45, 2.75) is 25.4 Å². The predicted molar refractivity (Wildman–Crippen MR) is 76.4 cm³/mol. The van der Waals surface area contributed by atoms with Gasteiger partial charge in [0.1, 0.15) is 11.1 Å². The lowest BCUT2D eigenvalue weighted by atomic mass is 10.2. The Morgan fingerprint density at radius 3 is 2.95 bits per heavy atom. The Bertz CT molecular complexity index is 741. The van der Waals surface area contributed by atoms with Crippen LogP contribution in [-0.2, 0) is 6.54 Å². The van der Waals surface area contributed by atoms with Crippen molar-refractivity contribution in [2.75, 3.05) is 13.7 Å². The summed E-state index contributed by atoms with van der Waals surface area (Å²) in [6, 6.07) is 5.36. The molecule has 0 aliphatic carbocycles. The van der Waals surface area contributed by atoms with Gasteiger partial charge < -0.3 is 15.0 Å². The lowest BCUT2D eigenvalue weighted by Gasteiger charge is -2.13. The first-order chi connectivity index (χ1) is 9.70. The Morgan fingerprint density at radius 2 is 2.25 bits per heavy atom. The van der Waals surface area contributed by atoms with Gasteiger partial charge in [0.2, 0.25) is 0 Å². The van der Waals surface area contributed by atoms with Crippen LogP contribution in [0, 0.1) is 0 Å². The standard InChI is InChI=1S/C14H17N3O3/c1-20-11-6-2-5-10-12(11)13(18)17(14(19)16-10)8-9-4-3-7-15-9/h2,5-6,9,15H,3-4,7-8H2,1H3,(H,16,19). The zero-order valence-corrected chi connectivity index (χ0v) is 11.3. The van der Waals surface area contributed by atoms with Crippen LogP contribution < -0.4 is 21.3 Å². The molecule has 0 radical (unpaired) electrons. The third-order valence-electron chi connectivity index (χ3n) is 3.76. The molecule has 106 valence electrons. The average Bonchev–Trinajstić information content (AvgIpc) is 2.95. The summed E-state index contributed by atoms with van der Waals surface area (Å²) in [5.74, 6) is 0.483. The molecule has 1 atom stereocenters. The van der Waals surface area contributed by atoms with E-state index in [1.165, 1.54) is 11.7 Å². The number of hydrogen-bond donors (Lipinski definition) is 2. The first-order valence-corrected chi connectivity index (χ1v) is 6.74. The van der Waals surface area contributed by atoms with Crippen LogP contribution >= 0.6 is 0 Å². The number of ether oxygens (including phenoxy) is 1. The fourth-order valence-electron chi connectivity index (χ4n) is 2.73. The highest BCUT2D eigenvalue weighted by atomic mass is 16.5. The van der Waals surface area contributed by atoms with Crippen molar-refractivity contribution in [1.82, 2.24) is 14.9 Å². The summed E-state index contributed by atoms with van der Waals surface area (Å²) < 4.78 is 6.48. The summed E-state index contributed by atoms with van der Waals surface area (Å²) in [7, 11) is 1.52.